The fourth-order valence-corrected chi connectivity index (χ4v) is 3.14. The molecule has 1 atom stereocenters. The Morgan fingerprint density at radius 1 is 1.31 bits per heavy atom. The molecule has 3 heteroatoms. The fraction of sp³-hybridized carbons (Fsp3) is 0.846. The molecule has 3 nitrogen and oxygen atoms in total. The highest BCUT2D eigenvalue weighted by atomic mass is 16.2. The summed E-state index contributed by atoms with van der Waals surface area (Å²) in [6, 6.07) is 2.06. The van der Waals surface area contributed by atoms with Crippen LogP contribution in [0, 0.1) is 28.1 Å². The molecular formula is C13H20N2O. The molecule has 1 saturated heterocycles. The molecule has 1 unspecified atom stereocenters. The van der Waals surface area contributed by atoms with Gasteiger partial charge in [0, 0.05) is 12.5 Å². The second-order valence-electron chi connectivity index (χ2n) is 6.20. The molecule has 16 heavy (non-hydrogen) atoms. The number of nitriles is 1. The molecule has 2 aliphatic rings. The highest BCUT2D eigenvalue weighted by molar-refractivity contribution is 5.85. The van der Waals surface area contributed by atoms with Gasteiger partial charge in [0.15, 0.2) is 0 Å². The number of amides is 1. The Labute approximate surface area is 97.4 Å². The summed E-state index contributed by atoms with van der Waals surface area (Å²) in [5.41, 5.74) is 0.152. The molecule has 0 aromatic rings. The van der Waals surface area contributed by atoms with Crippen LogP contribution in [0.2, 0.25) is 0 Å². The van der Waals surface area contributed by atoms with Crippen molar-refractivity contribution in [2.75, 3.05) is 6.54 Å². The van der Waals surface area contributed by atoms with Gasteiger partial charge in [-0.3, -0.25) is 4.79 Å². The molecule has 0 spiro atoms. The molecule has 1 aliphatic heterocycles. The maximum absolute atomic E-state index is 12.4. The zero-order valence-electron chi connectivity index (χ0n) is 10.6. The topological polar surface area (TPSA) is 44.1 Å². The van der Waals surface area contributed by atoms with Gasteiger partial charge in [0.05, 0.1) is 6.07 Å². The van der Waals surface area contributed by atoms with Crippen LogP contribution in [0.1, 0.15) is 40.5 Å². The Kier molecular flexibility index (Phi) is 2.31. The Morgan fingerprint density at radius 2 is 1.88 bits per heavy atom. The normalized spacial score (nSPS) is 31.2. The molecule has 1 saturated carbocycles. The van der Waals surface area contributed by atoms with Gasteiger partial charge in [-0.2, -0.15) is 5.26 Å². The van der Waals surface area contributed by atoms with Gasteiger partial charge in [0.25, 0.3) is 0 Å². The van der Waals surface area contributed by atoms with Crippen molar-refractivity contribution in [1.82, 2.24) is 4.90 Å². The predicted molar refractivity (Wildman–Crippen MR) is 61.4 cm³/mol. The summed E-state index contributed by atoms with van der Waals surface area (Å²) in [4.78, 5) is 14.2. The Morgan fingerprint density at radius 3 is 2.31 bits per heavy atom. The van der Waals surface area contributed by atoms with E-state index in [2.05, 4.69) is 33.8 Å². The Bertz CT molecular complexity index is 351. The molecule has 0 aromatic carbocycles. The summed E-state index contributed by atoms with van der Waals surface area (Å²) in [5.74, 6) is 0.285. The van der Waals surface area contributed by atoms with Gasteiger partial charge in [-0.1, -0.05) is 27.7 Å². The van der Waals surface area contributed by atoms with Crippen molar-refractivity contribution in [3.63, 3.8) is 0 Å². The SMILES string of the molecule is CC1(C)C(C(=O)N2CCCC2C#N)C1(C)C. The van der Waals surface area contributed by atoms with Crippen LogP contribution in [0.25, 0.3) is 0 Å². The van der Waals surface area contributed by atoms with E-state index in [-0.39, 0.29) is 28.7 Å². The predicted octanol–water partition coefficient (Wildman–Crippen LogP) is 2.18. The van der Waals surface area contributed by atoms with E-state index in [0.717, 1.165) is 19.4 Å². The summed E-state index contributed by atoms with van der Waals surface area (Å²) in [6.45, 7) is 9.35. The van der Waals surface area contributed by atoms with E-state index >= 15 is 0 Å². The van der Waals surface area contributed by atoms with E-state index in [1.165, 1.54) is 0 Å². The van der Waals surface area contributed by atoms with Crippen molar-refractivity contribution in [2.45, 2.75) is 46.6 Å². The lowest BCUT2D eigenvalue weighted by atomic mass is 10.0. The summed E-state index contributed by atoms with van der Waals surface area (Å²) in [7, 11) is 0. The quantitative estimate of drug-likeness (QED) is 0.680. The Hall–Kier alpha value is -1.04. The minimum absolute atomic E-state index is 0.0761. The van der Waals surface area contributed by atoms with Crippen molar-refractivity contribution in [1.29, 1.82) is 5.26 Å². The third-order valence-corrected chi connectivity index (χ3v) is 4.95. The highest BCUT2D eigenvalue weighted by Crippen LogP contribution is 2.69. The molecule has 1 heterocycles. The van der Waals surface area contributed by atoms with Gasteiger partial charge >= 0.3 is 0 Å². The molecule has 0 aromatic heterocycles. The monoisotopic (exact) mass is 220 g/mol. The van der Waals surface area contributed by atoms with Crippen molar-refractivity contribution in [3.8, 4) is 6.07 Å². The second-order valence-corrected chi connectivity index (χ2v) is 6.20. The van der Waals surface area contributed by atoms with Gasteiger partial charge in [0.1, 0.15) is 6.04 Å². The van der Waals surface area contributed by atoms with Crippen molar-refractivity contribution < 1.29 is 4.79 Å². The summed E-state index contributed by atoms with van der Waals surface area (Å²) < 4.78 is 0. The number of rotatable bonds is 1. The zero-order valence-corrected chi connectivity index (χ0v) is 10.6. The van der Waals surface area contributed by atoms with Crippen molar-refractivity contribution in [3.05, 3.63) is 0 Å². The van der Waals surface area contributed by atoms with Gasteiger partial charge in [-0.15, -0.1) is 0 Å². The molecule has 0 radical (unpaired) electrons. The standard InChI is InChI=1S/C13H20N2O/c1-12(2)10(13(12,3)4)11(16)15-7-5-6-9(15)8-14/h9-10H,5-7H2,1-4H3. The first kappa shape index (κ1) is 11.4. The maximum Gasteiger partial charge on any atom is 0.227 e. The molecule has 0 N–H and O–H groups in total. The van der Waals surface area contributed by atoms with Gasteiger partial charge in [-0.05, 0) is 23.7 Å². The number of hydrogen-bond acceptors (Lipinski definition) is 2. The van der Waals surface area contributed by atoms with Crippen LogP contribution in [0.5, 0.6) is 0 Å². The van der Waals surface area contributed by atoms with Gasteiger partial charge < -0.3 is 4.90 Å². The zero-order chi connectivity index (χ0) is 12.1. The first-order chi connectivity index (χ1) is 7.34. The molecule has 1 amide bonds. The highest BCUT2D eigenvalue weighted by Gasteiger charge is 2.69. The lowest BCUT2D eigenvalue weighted by molar-refractivity contribution is -0.133. The molecule has 0 bridgehead atoms. The molecular weight excluding hydrogens is 200 g/mol. The van der Waals surface area contributed by atoms with Crippen LogP contribution in [-0.2, 0) is 4.79 Å². The minimum atomic E-state index is -0.181. The van der Waals surface area contributed by atoms with E-state index in [0.29, 0.717) is 0 Å². The second kappa shape index (κ2) is 3.23. The van der Waals surface area contributed by atoms with Gasteiger partial charge in [0.2, 0.25) is 5.91 Å². The average Bonchev–Trinajstić information content (AvgIpc) is 2.58. The van der Waals surface area contributed by atoms with Crippen LogP contribution in [0.15, 0.2) is 0 Å². The third kappa shape index (κ3) is 1.29. The smallest absolute Gasteiger partial charge is 0.227 e. The molecule has 1 aliphatic carbocycles. The van der Waals surface area contributed by atoms with Crippen LogP contribution in [0.4, 0.5) is 0 Å². The van der Waals surface area contributed by atoms with E-state index in [1.54, 1.807) is 4.90 Å². The average molecular weight is 220 g/mol. The number of carbonyl (C=O) groups excluding carboxylic acids is 1. The van der Waals surface area contributed by atoms with E-state index < -0.39 is 0 Å². The van der Waals surface area contributed by atoms with E-state index in [4.69, 9.17) is 5.26 Å². The van der Waals surface area contributed by atoms with Crippen LogP contribution in [0.3, 0.4) is 0 Å². The Balaban J connectivity index is 2.14. The van der Waals surface area contributed by atoms with Crippen LogP contribution >= 0.6 is 0 Å². The summed E-state index contributed by atoms with van der Waals surface area (Å²) in [5, 5.41) is 9.00. The van der Waals surface area contributed by atoms with Gasteiger partial charge in [-0.25, -0.2) is 0 Å². The summed E-state index contributed by atoms with van der Waals surface area (Å²) >= 11 is 0. The summed E-state index contributed by atoms with van der Waals surface area (Å²) in [6.07, 6.45) is 1.81. The first-order valence-electron chi connectivity index (χ1n) is 6.04. The largest absolute Gasteiger partial charge is 0.326 e. The third-order valence-electron chi connectivity index (χ3n) is 4.95. The maximum atomic E-state index is 12.4. The number of carbonyl (C=O) groups is 1. The number of likely N-dealkylation sites (tertiary alicyclic amines) is 1. The minimum Gasteiger partial charge on any atom is -0.326 e. The number of nitrogens with zero attached hydrogens (tertiary/aromatic N) is 2. The van der Waals surface area contributed by atoms with Crippen molar-refractivity contribution >= 4 is 5.91 Å². The van der Waals surface area contributed by atoms with E-state index in [9.17, 15) is 4.79 Å². The number of hydrogen-bond donors (Lipinski definition) is 0. The molecule has 2 fully saturated rings. The van der Waals surface area contributed by atoms with Crippen LogP contribution in [-0.4, -0.2) is 23.4 Å². The first-order valence-corrected chi connectivity index (χ1v) is 6.04. The van der Waals surface area contributed by atoms with Crippen molar-refractivity contribution in [2.24, 2.45) is 16.7 Å². The molecule has 2 rings (SSSR count). The van der Waals surface area contributed by atoms with E-state index in [1.807, 2.05) is 0 Å². The molecule has 88 valence electrons. The van der Waals surface area contributed by atoms with Crippen LogP contribution < -0.4 is 0 Å². The fourth-order valence-electron chi connectivity index (χ4n) is 3.14. The lowest BCUT2D eigenvalue weighted by Gasteiger charge is -2.20. The lowest BCUT2D eigenvalue weighted by Crippen LogP contribution is -2.37.